The molecule has 0 saturated carbocycles. The molecule has 10 nitrogen and oxygen atoms in total. The number of nitrogens with two attached hydrogens (primary N) is 1. The van der Waals surface area contributed by atoms with Crippen molar-refractivity contribution < 1.29 is 33.4 Å². The van der Waals surface area contributed by atoms with Gasteiger partial charge in [0.1, 0.15) is 6.04 Å². The zero-order chi connectivity index (χ0) is 21.3. The van der Waals surface area contributed by atoms with E-state index in [1.165, 1.54) is 6.92 Å². The van der Waals surface area contributed by atoms with Crippen LogP contribution in [0.2, 0.25) is 0 Å². The first-order valence-electron chi connectivity index (χ1n) is 8.30. The van der Waals surface area contributed by atoms with E-state index in [9.17, 15) is 24.0 Å². The van der Waals surface area contributed by atoms with Gasteiger partial charge in [0.25, 0.3) is 5.91 Å². The highest BCUT2D eigenvalue weighted by Gasteiger charge is 2.41. The summed E-state index contributed by atoms with van der Waals surface area (Å²) in [5, 5.41) is 4.71. The number of nitrogens with one attached hydrogen (secondary N) is 2. The van der Waals surface area contributed by atoms with Crippen LogP contribution in [0.4, 0.5) is 0 Å². The lowest BCUT2D eigenvalue weighted by molar-refractivity contribution is -0.162. The molecule has 0 saturated heterocycles. The van der Waals surface area contributed by atoms with Gasteiger partial charge >= 0.3 is 11.9 Å². The fourth-order valence-corrected chi connectivity index (χ4v) is 2.51. The second-order valence-corrected chi connectivity index (χ2v) is 5.88. The maximum Gasteiger partial charge on any atom is 0.320 e. The third-order valence-corrected chi connectivity index (χ3v) is 4.03. The number of rotatable bonds is 9. The first kappa shape index (κ1) is 22.6. The molecule has 4 N–H and O–H groups in total. The average Bonchev–Trinajstić information content (AvgIpc) is 2.70. The van der Waals surface area contributed by atoms with E-state index in [2.05, 4.69) is 20.1 Å². The molecule has 1 rings (SSSR count). The Morgan fingerprint density at radius 2 is 1.54 bits per heavy atom. The summed E-state index contributed by atoms with van der Waals surface area (Å²) in [6.07, 6.45) is 0. The van der Waals surface area contributed by atoms with Gasteiger partial charge in [0.15, 0.2) is 5.92 Å². The summed E-state index contributed by atoms with van der Waals surface area (Å²) < 4.78 is 9.12. The maximum absolute atomic E-state index is 12.1. The molecule has 10 heteroatoms. The molecule has 0 unspecified atom stereocenters. The molecule has 1 aromatic rings. The SMILES string of the molecule is COC(=O)C(C(=O)OC)[C@H](C)[C@@H](NC(=O)CNC(=O)c1ccccc1)C(N)=O. The molecule has 0 aliphatic carbocycles. The number of esters is 2. The van der Waals surface area contributed by atoms with Gasteiger partial charge in [-0.25, -0.2) is 0 Å². The van der Waals surface area contributed by atoms with E-state index in [4.69, 9.17) is 5.73 Å². The van der Waals surface area contributed by atoms with Crippen molar-refractivity contribution in [2.75, 3.05) is 20.8 Å². The molecule has 0 aliphatic rings. The minimum absolute atomic E-state index is 0.353. The molecule has 3 amide bonds. The van der Waals surface area contributed by atoms with Crippen LogP contribution >= 0.6 is 0 Å². The lowest BCUT2D eigenvalue weighted by atomic mass is 9.87. The Balaban J connectivity index is 2.81. The predicted molar refractivity (Wildman–Crippen MR) is 96.6 cm³/mol. The van der Waals surface area contributed by atoms with Gasteiger partial charge in [-0.3, -0.25) is 24.0 Å². The molecule has 0 fully saturated rings. The summed E-state index contributed by atoms with van der Waals surface area (Å²) in [4.78, 5) is 59.7. The fourth-order valence-electron chi connectivity index (χ4n) is 2.51. The molecule has 0 heterocycles. The van der Waals surface area contributed by atoms with Crippen molar-refractivity contribution in [3.63, 3.8) is 0 Å². The summed E-state index contributed by atoms with van der Waals surface area (Å²) in [6, 6.07) is 6.84. The van der Waals surface area contributed by atoms with Crippen molar-refractivity contribution in [3.8, 4) is 0 Å². The minimum Gasteiger partial charge on any atom is -0.468 e. The number of carbonyl (C=O) groups is 5. The van der Waals surface area contributed by atoms with Crippen LogP contribution in [0.15, 0.2) is 30.3 Å². The number of primary amides is 1. The van der Waals surface area contributed by atoms with Gasteiger partial charge in [-0.05, 0) is 12.1 Å². The number of hydrogen-bond donors (Lipinski definition) is 3. The summed E-state index contributed by atoms with van der Waals surface area (Å²) in [6.45, 7) is 0.933. The van der Waals surface area contributed by atoms with Crippen molar-refractivity contribution in [2.45, 2.75) is 13.0 Å². The van der Waals surface area contributed by atoms with Crippen LogP contribution in [-0.4, -0.2) is 56.5 Å². The average molecular weight is 393 g/mol. The number of carbonyl (C=O) groups excluding carboxylic acids is 5. The second kappa shape index (κ2) is 10.7. The summed E-state index contributed by atoms with van der Waals surface area (Å²) >= 11 is 0. The smallest absolute Gasteiger partial charge is 0.320 e. The van der Waals surface area contributed by atoms with Crippen molar-refractivity contribution in [1.29, 1.82) is 0 Å². The van der Waals surface area contributed by atoms with Gasteiger partial charge in [-0.1, -0.05) is 25.1 Å². The highest BCUT2D eigenvalue weighted by atomic mass is 16.5. The third kappa shape index (κ3) is 6.08. The highest BCUT2D eigenvalue weighted by Crippen LogP contribution is 2.19. The Kier molecular flexibility index (Phi) is 8.60. The number of amides is 3. The van der Waals surface area contributed by atoms with E-state index in [1.54, 1.807) is 30.3 Å². The van der Waals surface area contributed by atoms with Crippen molar-refractivity contribution in [3.05, 3.63) is 35.9 Å². The lowest BCUT2D eigenvalue weighted by Gasteiger charge is -2.26. The zero-order valence-electron chi connectivity index (χ0n) is 15.8. The van der Waals surface area contributed by atoms with Gasteiger partial charge in [-0.2, -0.15) is 0 Å². The molecule has 0 radical (unpaired) electrons. The molecular formula is C18H23N3O7. The maximum atomic E-state index is 12.1. The van der Waals surface area contributed by atoms with Crippen LogP contribution in [0.5, 0.6) is 0 Å². The first-order valence-corrected chi connectivity index (χ1v) is 8.30. The summed E-state index contributed by atoms with van der Waals surface area (Å²) in [7, 11) is 2.14. The van der Waals surface area contributed by atoms with Crippen LogP contribution < -0.4 is 16.4 Å². The molecule has 28 heavy (non-hydrogen) atoms. The quantitative estimate of drug-likeness (QED) is 0.358. The first-order chi connectivity index (χ1) is 13.2. The predicted octanol–water partition coefficient (Wildman–Crippen LogP) is -1.02. The van der Waals surface area contributed by atoms with Crippen LogP contribution in [0, 0.1) is 11.8 Å². The zero-order valence-corrected chi connectivity index (χ0v) is 15.8. The van der Waals surface area contributed by atoms with E-state index in [0.29, 0.717) is 5.56 Å². The minimum atomic E-state index is -1.47. The Morgan fingerprint density at radius 1 is 1.00 bits per heavy atom. The van der Waals surface area contributed by atoms with Gasteiger partial charge in [-0.15, -0.1) is 0 Å². The van der Waals surface area contributed by atoms with Gasteiger partial charge in [0, 0.05) is 11.5 Å². The summed E-state index contributed by atoms with van der Waals surface area (Å²) in [5.41, 5.74) is 5.66. The Morgan fingerprint density at radius 3 is 2.00 bits per heavy atom. The Bertz CT molecular complexity index is 720. The van der Waals surface area contributed by atoms with Crippen LogP contribution in [0.3, 0.4) is 0 Å². The van der Waals surface area contributed by atoms with Crippen LogP contribution in [0.25, 0.3) is 0 Å². The van der Waals surface area contributed by atoms with Gasteiger partial charge in [0.05, 0.1) is 20.8 Å². The number of methoxy groups -OCH3 is 2. The number of ether oxygens (including phenoxy) is 2. The van der Waals surface area contributed by atoms with E-state index in [1.807, 2.05) is 0 Å². The highest BCUT2D eigenvalue weighted by molar-refractivity contribution is 5.98. The van der Waals surface area contributed by atoms with Gasteiger partial charge < -0.3 is 25.8 Å². The van der Waals surface area contributed by atoms with Gasteiger partial charge in [0.2, 0.25) is 11.8 Å². The number of hydrogen-bond acceptors (Lipinski definition) is 7. The van der Waals surface area contributed by atoms with E-state index in [-0.39, 0.29) is 0 Å². The molecule has 0 aliphatic heterocycles. The fraction of sp³-hybridized carbons (Fsp3) is 0.389. The topological polar surface area (TPSA) is 154 Å². The van der Waals surface area contributed by atoms with E-state index >= 15 is 0 Å². The molecule has 1 aromatic carbocycles. The van der Waals surface area contributed by atoms with E-state index in [0.717, 1.165) is 14.2 Å². The monoisotopic (exact) mass is 393 g/mol. The molecule has 2 atom stereocenters. The van der Waals surface area contributed by atoms with Crippen molar-refractivity contribution in [1.82, 2.24) is 10.6 Å². The van der Waals surface area contributed by atoms with E-state index < -0.39 is 54.1 Å². The summed E-state index contributed by atoms with van der Waals surface area (Å²) in [5.74, 6) is -6.56. The normalized spacial score (nSPS) is 12.4. The lowest BCUT2D eigenvalue weighted by Crippen LogP contribution is -2.54. The third-order valence-electron chi connectivity index (χ3n) is 4.03. The largest absolute Gasteiger partial charge is 0.468 e. The Hall–Kier alpha value is -3.43. The molecular weight excluding hydrogens is 370 g/mol. The molecule has 152 valence electrons. The Labute approximate surface area is 161 Å². The van der Waals surface area contributed by atoms with Crippen molar-refractivity contribution >= 4 is 29.7 Å². The standard InChI is InChI=1S/C18H23N3O7/c1-10(13(17(25)27-2)18(26)28-3)14(15(19)23)21-12(22)9-20-16(24)11-7-5-4-6-8-11/h4-8,10,13-14H,9H2,1-3H3,(H2,19,23)(H,20,24)(H,21,22)/t10-,14+/m0/s1. The molecule has 0 bridgehead atoms. The number of benzene rings is 1. The molecule has 0 aromatic heterocycles. The second-order valence-electron chi connectivity index (χ2n) is 5.88. The van der Waals surface area contributed by atoms with Crippen molar-refractivity contribution in [2.24, 2.45) is 17.6 Å². The van der Waals surface area contributed by atoms with Crippen LogP contribution in [0.1, 0.15) is 17.3 Å². The van der Waals surface area contributed by atoms with Crippen LogP contribution in [-0.2, 0) is 28.7 Å². The molecule has 0 spiro atoms.